The minimum Gasteiger partial charge on any atom is -0.310 e. The maximum Gasteiger partial charge on any atom is 0.124 e. The molecule has 1 aromatic rings. The summed E-state index contributed by atoms with van der Waals surface area (Å²) in [6.07, 6.45) is 2.96. The lowest BCUT2D eigenvalue weighted by Gasteiger charge is -2.18. The molecule has 17 heavy (non-hydrogen) atoms. The monoisotopic (exact) mass is 255 g/mol. The lowest BCUT2D eigenvalue weighted by molar-refractivity contribution is 0.491. The zero-order valence-corrected chi connectivity index (χ0v) is 10.9. The first-order valence-electron chi connectivity index (χ1n) is 6.13. The molecule has 2 nitrogen and oxygen atoms in total. The molecule has 0 radical (unpaired) electrons. The zero-order valence-electron chi connectivity index (χ0n) is 10.0. The van der Waals surface area contributed by atoms with Gasteiger partial charge in [0.05, 0.1) is 10.8 Å². The SMILES string of the molecule is CCCNC1CCCS(=O)c2cc(F)ccc21. The molecule has 2 rings (SSSR count). The first-order chi connectivity index (χ1) is 8.22. The fourth-order valence-corrected chi connectivity index (χ4v) is 3.57. The van der Waals surface area contributed by atoms with E-state index in [0.717, 1.165) is 31.4 Å². The van der Waals surface area contributed by atoms with Gasteiger partial charge in [0.15, 0.2) is 0 Å². The maximum absolute atomic E-state index is 13.2. The van der Waals surface area contributed by atoms with E-state index in [1.54, 1.807) is 6.07 Å². The second-order valence-electron chi connectivity index (χ2n) is 4.38. The fourth-order valence-electron chi connectivity index (χ4n) is 2.21. The number of nitrogens with one attached hydrogen (secondary N) is 1. The summed E-state index contributed by atoms with van der Waals surface area (Å²) < 4.78 is 25.2. The molecule has 2 unspecified atom stereocenters. The van der Waals surface area contributed by atoms with Gasteiger partial charge in [-0.05, 0) is 43.5 Å². The van der Waals surface area contributed by atoms with E-state index < -0.39 is 10.8 Å². The zero-order chi connectivity index (χ0) is 12.3. The minimum absolute atomic E-state index is 0.219. The number of benzene rings is 1. The predicted octanol–water partition coefficient (Wildman–Crippen LogP) is 2.77. The van der Waals surface area contributed by atoms with Gasteiger partial charge in [-0.3, -0.25) is 4.21 Å². The van der Waals surface area contributed by atoms with Gasteiger partial charge in [0.25, 0.3) is 0 Å². The molecule has 0 saturated heterocycles. The highest BCUT2D eigenvalue weighted by Gasteiger charge is 2.22. The molecule has 1 heterocycles. The molecule has 1 N–H and O–H groups in total. The Hall–Kier alpha value is -0.740. The van der Waals surface area contributed by atoms with Crippen molar-refractivity contribution in [2.45, 2.75) is 37.1 Å². The van der Waals surface area contributed by atoms with Crippen LogP contribution in [0.4, 0.5) is 4.39 Å². The van der Waals surface area contributed by atoms with E-state index >= 15 is 0 Å². The average molecular weight is 255 g/mol. The highest BCUT2D eigenvalue weighted by molar-refractivity contribution is 7.85. The number of rotatable bonds is 3. The van der Waals surface area contributed by atoms with Gasteiger partial charge in [0, 0.05) is 16.7 Å². The van der Waals surface area contributed by atoms with Crippen molar-refractivity contribution in [3.05, 3.63) is 29.6 Å². The van der Waals surface area contributed by atoms with Crippen LogP contribution in [0.25, 0.3) is 0 Å². The van der Waals surface area contributed by atoms with Crippen molar-refractivity contribution in [1.29, 1.82) is 0 Å². The van der Waals surface area contributed by atoms with Crippen LogP contribution >= 0.6 is 0 Å². The molecule has 0 bridgehead atoms. The van der Waals surface area contributed by atoms with Gasteiger partial charge in [-0.2, -0.15) is 0 Å². The first-order valence-corrected chi connectivity index (χ1v) is 7.45. The third-order valence-corrected chi connectivity index (χ3v) is 4.56. The molecular formula is C13H18FNOS. The first kappa shape index (κ1) is 12.7. The molecule has 0 spiro atoms. The Morgan fingerprint density at radius 3 is 3.12 bits per heavy atom. The van der Waals surface area contributed by atoms with E-state index in [9.17, 15) is 8.60 Å². The van der Waals surface area contributed by atoms with Crippen LogP contribution in [-0.4, -0.2) is 16.5 Å². The van der Waals surface area contributed by atoms with Gasteiger partial charge in [0.2, 0.25) is 0 Å². The Morgan fingerprint density at radius 2 is 2.35 bits per heavy atom. The van der Waals surface area contributed by atoms with E-state index in [2.05, 4.69) is 12.2 Å². The summed E-state index contributed by atoms with van der Waals surface area (Å²) >= 11 is 0. The Labute approximate surface area is 104 Å². The summed E-state index contributed by atoms with van der Waals surface area (Å²) in [5.41, 5.74) is 1.01. The molecular weight excluding hydrogens is 237 g/mol. The van der Waals surface area contributed by atoms with Crippen molar-refractivity contribution in [2.75, 3.05) is 12.3 Å². The predicted molar refractivity (Wildman–Crippen MR) is 67.9 cm³/mol. The summed E-state index contributed by atoms with van der Waals surface area (Å²) in [5.74, 6) is 0.342. The van der Waals surface area contributed by atoms with Gasteiger partial charge in [-0.25, -0.2) is 4.39 Å². The minimum atomic E-state index is -1.05. The molecule has 94 valence electrons. The second kappa shape index (κ2) is 5.74. The van der Waals surface area contributed by atoms with Gasteiger partial charge in [-0.15, -0.1) is 0 Å². The molecule has 4 heteroatoms. The van der Waals surface area contributed by atoms with Crippen LogP contribution in [0, 0.1) is 5.82 Å². The van der Waals surface area contributed by atoms with Gasteiger partial charge >= 0.3 is 0 Å². The Morgan fingerprint density at radius 1 is 1.53 bits per heavy atom. The highest BCUT2D eigenvalue weighted by atomic mass is 32.2. The van der Waals surface area contributed by atoms with Crippen molar-refractivity contribution in [3.63, 3.8) is 0 Å². The topological polar surface area (TPSA) is 29.1 Å². The Kier molecular flexibility index (Phi) is 4.29. The number of hydrogen-bond acceptors (Lipinski definition) is 2. The molecule has 1 aliphatic heterocycles. The molecule has 0 saturated carbocycles. The van der Waals surface area contributed by atoms with Crippen LogP contribution in [0.15, 0.2) is 23.1 Å². The molecule has 0 aliphatic carbocycles. The van der Waals surface area contributed by atoms with Crippen molar-refractivity contribution < 1.29 is 8.60 Å². The number of hydrogen-bond donors (Lipinski definition) is 1. The quantitative estimate of drug-likeness (QED) is 0.900. The van der Waals surface area contributed by atoms with Crippen LogP contribution in [0.3, 0.4) is 0 Å². The molecule has 0 fully saturated rings. The second-order valence-corrected chi connectivity index (χ2v) is 5.92. The summed E-state index contributed by atoms with van der Waals surface area (Å²) in [6, 6.07) is 4.89. The van der Waals surface area contributed by atoms with Crippen molar-refractivity contribution in [2.24, 2.45) is 0 Å². The van der Waals surface area contributed by atoms with Crippen LogP contribution in [0.2, 0.25) is 0 Å². The summed E-state index contributed by atoms with van der Waals surface area (Å²) in [7, 11) is -1.05. The largest absolute Gasteiger partial charge is 0.310 e. The lowest BCUT2D eigenvalue weighted by atomic mass is 10.0. The Balaban J connectivity index is 2.33. The fraction of sp³-hybridized carbons (Fsp3) is 0.538. The molecule has 2 atom stereocenters. The van der Waals surface area contributed by atoms with Crippen LogP contribution in [0.5, 0.6) is 0 Å². The summed E-state index contributed by atoms with van der Waals surface area (Å²) in [6.45, 7) is 3.06. The van der Waals surface area contributed by atoms with Gasteiger partial charge in [0.1, 0.15) is 5.82 Å². The van der Waals surface area contributed by atoms with E-state index in [1.807, 2.05) is 0 Å². The van der Waals surface area contributed by atoms with Crippen LogP contribution in [-0.2, 0) is 10.8 Å². The van der Waals surface area contributed by atoms with Crippen LogP contribution < -0.4 is 5.32 Å². The summed E-state index contributed by atoms with van der Waals surface area (Å²) in [4.78, 5) is 0.677. The van der Waals surface area contributed by atoms with E-state index in [0.29, 0.717) is 10.6 Å². The summed E-state index contributed by atoms with van der Waals surface area (Å²) in [5, 5.41) is 3.45. The number of halogens is 1. The third-order valence-electron chi connectivity index (χ3n) is 3.06. The van der Waals surface area contributed by atoms with E-state index in [4.69, 9.17) is 0 Å². The molecule has 0 aromatic heterocycles. The average Bonchev–Trinajstić information content (AvgIpc) is 2.47. The number of fused-ring (bicyclic) bond motifs is 1. The molecule has 0 amide bonds. The van der Waals surface area contributed by atoms with E-state index in [-0.39, 0.29) is 11.9 Å². The van der Waals surface area contributed by atoms with E-state index in [1.165, 1.54) is 12.1 Å². The molecule has 1 aliphatic rings. The third kappa shape index (κ3) is 2.93. The van der Waals surface area contributed by atoms with Gasteiger partial charge in [-0.1, -0.05) is 13.0 Å². The van der Waals surface area contributed by atoms with Crippen molar-refractivity contribution in [1.82, 2.24) is 5.32 Å². The van der Waals surface area contributed by atoms with Gasteiger partial charge < -0.3 is 5.32 Å². The molecule has 1 aromatic carbocycles. The standard InChI is InChI=1S/C13H18FNOS/c1-2-7-15-12-4-3-8-17(16)13-9-10(14)5-6-11(12)13/h5-6,9,12,15H,2-4,7-8H2,1H3. The Bertz CT molecular complexity index is 422. The van der Waals surface area contributed by atoms with Crippen molar-refractivity contribution >= 4 is 10.8 Å². The maximum atomic E-state index is 13.2. The lowest BCUT2D eigenvalue weighted by Crippen LogP contribution is -2.22. The normalized spacial score (nSPS) is 24.1. The smallest absolute Gasteiger partial charge is 0.124 e. The van der Waals surface area contributed by atoms with Crippen LogP contribution in [0.1, 0.15) is 37.8 Å². The highest BCUT2D eigenvalue weighted by Crippen LogP contribution is 2.29. The van der Waals surface area contributed by atoms with Crippen molar-refractivity contribution in [3.8, 4) is 0 Å².